The zero-order valence-corrected chi connectivity index (χ0v) is 14.8. The Morgan fingerprint density at radius 1 is 1.26 bits per heavy atom. The molecule has 0 N–H and O–H groups in total. The molecule has 2 aromatic rings. The molecule has 0 atom stereocenters. The minimum Gasteiger partial charge on any atom is -0.350 e. The van der Waals surface area contributed by atoms with E-state index in [-0.39, 0.29) is 10.6 Å². The van der Waals surface area contributed by atoms with E-state index in [9.17, 15) is 10.1 Å². The van der Waals surface area contributed by atoms with Gasteiger partial charge in [0, 0.05) is 30.9 Å². The minimum absolute atomic E-state index is 0.0435. The smallest absolute Gasteiger partial charge is 0.311 e. The van der Waals surface area contributed by atoms with E-state index in [0.717, 1.165) is 24.0 Å². The van der Waals surface area contributed by atoms with Gasteiger partial charge in [0.2, 0.25) is 5.82 Å². The Hall–Kier alpha value is -3.64. The lowest BCUT2D eigenvalue weighted by Gasteiger charge is -2.28. The van der Waals surface area contributed by atoms with Crippen molar-refractivity contribution in [3.63, 3.8) is 0 Å². The number of nitrogens with zero attached hydrogens (tertiary/aromatic N) is 4. The number of hydrogen-bond acceptors (Lipinski definition) is 5. The normalized spacial score (nSPS) is 13.3. The lowest BCUT2D eigenvalue weighted by Crippen LogP contribution is -2.31. The largest absolute Gasteiger partial charge is 0.350 e. The molecule has 1 aromatic carbocycles. The SMILES string of the molecule is N#CCc1cccc(C#CC=C2CCN(c3ncccc3[N+](=O)[O-])CC2)c1. The van der Waals surface area contributed by atoms with E-state index < -0.39 is 0 Å². The van der Waals surface area contributed by atoms with E-state index in [1.165, 1.54) is 11.6 Å². The van der Waals surface area contributed by atoms with Crippen molar-refractivity contribution in [1.82, 2.24) is 4.98 Å². The molecule has 1 aliphatic rings. The molecule has 1 saturated heterocycles. The van der Waals surface area contributed by atoms with Crippen LogP contribution in [0.25, 0.3) is 0 Å². The Bertz CT molecular complexity index is 969. The number of hydrogen-bond donors (Lipinski definition) is 0. The number of pyridine rings is 1. The van der Waals surface area contributed by atoms with Crippen LogP contribution < -0.4 is 4.90 Å². The fourth-order valence-corrected chi connectivity index (χ4v) is 3.00. The van der Waals surface area contributed by atoms with Crippen LogP contribution in [0.3, 0.4) is 0 Å². The fourth-order valence-electron chi connectivity index (χ4n) is 3.00. The highest BCUT2D eigenvalue weighted by Crippen LogP contribution is 2.28. The number of nitro groups is 1. The lowest BCUT2D eigenvalue weighted by molar-refractivity contribution is -0.384. The summed E-state index contributed by atoms with van der Waals surface area (Å²) in [5, 5.41) is 19.9. The van der Waals surface area contributed by atoms with Crippen molar-refractivity contribution in [2.45, 2.75) is 19.3 Å². The predicted molar refractivity (Wildman–Crippen MR) is 103 cm³/mol. The highest BCUT2D eigenvalue weighted by Gasteiger charge is 2.23. The van der Waals surface area contributed by atoms with Crippen LogP contribution in [0.15, 0.2) is 54.2 Å². The van der Waals surface area contributed by atoms with Gasteiger partial charge in [-0.1, -0.05) is 29.5 Å². The van der Waals surface area contributed by atoms with Gasteiger partial charge in [0.15, 0.2) is 0 Å². The van der Waals surface area contributed by atoms with Crippen LogP contribution in [0.1, 0.15) is 24.0 Å². The van der Waals surface area contributed by atoms with E-state index in [4.69, 9.17) is 5.26 Å². The van der Waals surface area contributed by atoms with Crippen LogP contribution >= 0.6 is 0 Å². The summed E-state index contributed by atoms with van der Waals surface area (Å²) >= 11 is 0. The molecule has 134 valence electrons. The van der Waals surface area contributed by atoms with Crippen molar-refractivity contribution in [3.05, 3.63) is 75.5 Å². The zero-order valence-electron chi connectivity index (χ0n) is 14.8. The summed E-state index contributed by atoms with van der Waals surface area (Å²) in [6.45, 7) is 1.37. The van der Waals surface area contributed by atoms with Gasteiger partial charge in [-0.15, -0.1) is 0 Å². The Morgan fingerprint density at radius 2 is 2.07 bits per heavy atom. The second-order valence-corrected chi connectivity index (χ2v) is 6.20. The van der Waals surface area contributed by atoms with Crippen LogP contribution in [0.4, 0.5) is 11.5 Å². The van der Waals surface area contributed by atoms with Crippen LogP contribution in [-0.2, 0) is 6.42 Å². The first-order valence-corrected chi connectivity index (χ1v) is 8.67. The summed E-state index contributed by atoms with van der Waals surface area (Å²) in [4.78, 5) is 16.9. The van der Waals surface area contributed by atoms with Crippen molar-refractivity contribution >= 4 is 11.5 Å². The second kappa shape index (κ2) is 8.64. The first kappa shape index (κ1) is 18.2. The number of nitriles is 1. The Kier molecular flexibility index (Phi) is 5.81. The molecule has 0 unspecified atom stereocenters. The predicted octanol–water partition coefficient (Wildman–Crippen LogP) is 3.63. The Balaban J connectivity index is 1.64. The third-order valence-corrected chi connectivity index (χ3v) is 4.37. The zero-order chi connectivity index (χ0) is 19.1. The van der Waals surface area contributed by atoms with E-state index in [2.05, 4.69) is 22.9 Å². The first-order chi connectivity index (χ1) is 13.2. The molecule has 0 aliphatic carbocycles. The maximum Gasteiger partial charge on any atom is 0.311 e. The van der Waals surface area contributed by atoms with Crippen molar-refractivity contribution < 1.29 is 4.92 Å². The van der Waals surface area contributed by atoms with E-state index in [0.29, 0.717) is 25.3 Å². The van der Waals surface area contributed by atoms with Gasteiger partial charge in [-0.3, -0.25) is 10.1 Å². The average molecular weight is 358 g/mol. The summed E-state index contributed by atoms with van der Waals surface area (Å²) in [6.07, 6.45) is 5.50. The minimum atomic E-state index is -0.389. The topological polar surface area (TPSA) is 83.1 Å². The van der Waals surface area contributed by atoms with Crippen molar-refractivity contribution in [1.29, 1.82) is 5.26 Å². The van der Waals surface area contributed by atoms with Crippen LogP contribution in [0, 0.1) is 33.3 Å². The standard InChI is InChI=1S/C21H18N4O2/c22-12-9-19-7-2-6-18(16-19)5-1-4-17-10-14-24(15-11-17)21-20(25(26)27)8-3-13-23-21/h2-4,6-8,13,16H,9-11,14-15H2. The molecule has 3 rings (SSSR count). The van der Waals surface area contributed by atoms with Gasteiger partial charge < -0.3 is 4.90 Å². The van der Waals surface area contributed by atoms with Gasteiger partial charge in [0.1, 0.15) is 0 Å². The highest BCUT2D eigenvalue weighted by molar-refractivity contribution is 5.58. The number of allylic oxidation sites excluding steroid dienone is 1. The van der Waals surface area contributed by atoms with E-state index in [1.807, 2.05) is 35.2 Å². The lowest BCUT2D eigenvalue weighted by atomic mass is 10.0. The summed E-state index contributed by atoms with van der Waals surface area (Å²) < 4.78 is 0. The van der Waals surface area contributed by atoms with Crippen molar-refractivity contribution in [2.75, 3.05) is 18.0 Å². The van der Waals surface area contributed by atoms with Gasteiger partial charge >= 0.3 is 5.69 Å². The quantitative estimate of drug-likeness (QED) is 0.475. The van der Waals surface area contributed by atoms with Crippen LogP contribution in [-0.4, -0.2) is 23.0 Å². The van der Waals surface area contributed by atoms with Crippen LogP contribution in [0.2, 0.25) is 0 Å². The monoisotopic (exact) mass is 358 g/mol. The third-order valence-electron chi connectivity index (χ3n) is 4.37. The molecular weight excluding hydrogens is 340 g/mol. The third kappa shape index (κ3) is 4.71. The summed E-state index contributed by atoms with van der Waals surface area (Å²) in [7, 11) is 0. The molecule has 0 radical (unpaired) electrons. The van der Waals surface area contributed by atoms with Gasteiger partial charge in [-0.25, -0.2) is 4.98 Å². The molecule has 0 spiro atoms. The molecule has 1 aliphatic heterocycles. The first-order valence-electron chi connectivity index (χ1n) is 8.67. The average Bonchev–Trinajstić information content (AvgIpc) is 2.69. The highest BCUT2D eigenvalue weighted by atomic mass is 16.6. The molecule has 1 fully saturated rings. The van der Waals surface area contributed by atoms with Crippen molar-refractivity contribution in [2.24, 2.45) is 0 Å². The van der Waals surface area contributed by atoms with E-state index in [1.54, 1.807) is 12.3 Å². The van der Waals surface area contributed by atoms with Gasteiger partial charge in [-0.2, -0.15) is 5.26 Å². The summed E-state index contributed by atoms with van der Waals surface area (Å²) in [6, 6.07) is 12.9. The molecule has 0 amide bonds. The fraction of sp³-hybridized carbons (Fsp3) is 0.238. The molecule has 0 bridgehead atoms. The maximum absolute atomic E-state index is 11.2. The molecule has 27 heavy (non-hydrogen) atoms. The number of aromatic nitrogens is 1. The second-order valence-electron chi connectivity index (χ2n) is 6.20. The van der Waals surface area contributed by atoms with Gasteiger partial charge in [0.25, 0.3) is 0 Å². The van der Waals surface area contributed by atoms with Gasteiger partial charge in [0.05, 0.1) is 17.4 Å². The number of anilines is 1. The maximum atomic E-state index is 11.2. The Morgan fingerprint density at radius 3 is 2.81 bits per heavy atom. The van der Waals surface area contributed by atoms with Crippen molar-refractivity contribution in [3.8, 4) is 17.9 Å². The molecular formula is C21H18N4O2. The molecule has 6 nitrogen and oxygen atoms in total. The molecule has 6 heteroatoms. The molecule has 0 saturated carbocycles. The molecule has 2 heterocycles. The number of piperidine rings is 1. The number of benzene rings is 1. The van der Waals surface area contributed by atoms with Crippen LogP contribution in [0.5, 0.6) is 0 Å². The van der Waals surface area contributed by atoms with Gasteiger partial charge in [-0.05, 0) is 42.7 Å². The Labute approximate surface area is 157 Å². The molecule has 1 aromatic heterocycles. The summed E-state index contributed by atoms with van der Waals surface area (Å²) in [5.41, 5.74) is 3.12. The number of rotatable bonds is 3. The summed E-state index contributed by atoms with van der Waals surface area (Å²) in [5.74, 6) is 6.63. The van der Waals surface area contributed by atoms with E-state index >= 15 is 0 Å².